The van der Waals surface area contributed by atoms with Crippen molar-refractivity contribution in [3.8, 4) is 0 Å². The van der Waals surface area contributed by atoms with Crippen molar-refractivity contribution in [1.29, 1.82) is 0 Å². The Morgan fingerprint density at radius 2 is 0.846 bits per heavy atom. The van der Waals surface area contributed by atoms with Crippen LogP contribution in [-0.4, -0.2) is 161 Å². The summed E-state index contributed by atoms with van der Waals surface area (Å²) in [5.41, 5.74) is 1.27. The van der Waals surface area contributed by atoms with E-state index in [1.807, 2.05) is 12.2 Å². The first-order valence-corrected chi connectivity index (χ1v) is 36.2. The van der Waals surface area contributed by atoms with Crippen LogP contribution in [0.15, 0.2) is 65.8 Å². The largest absolute Gasteiger partial charge is 0.392 e. The third-order valence-electron chi connectivity index (χ3n) is 18.1. The minimum Gasteiger partial charge on any atom is -0.392 e. The first-order chi connectivity index (χ1) is 44.0. The molecule has 12 atom stereocenters. The number of nitro groups is 1. The van der Waals surface area contributed by atoms with E-state index in [4.69, 9.17) is 0 Å². The summed E-state index contributed by atoms with van der Waals surface area (Å²) in [6.07, 6.45) is 46.3. The van der Waals surface area contributed by atoms with Gasteiger partial charge in [-0.05, 0) is 61.8 Å². The zero-order valence-electron chi connectivity index (χ0n) is 57.0. The number of allylic oxidation sites excluding steroid dienone is 2. The molecule has 1 amide bonds. The van der Waals surface area contributed by atoms with Crippen LogP contribution in [0.3, 0.4) is 0 Å². The highest BCUT2D eigenvalue weighted by Gasteiger charge is 2.39. The van der Waals surface area contributed by atoms with Crippen LogP contribution in [-0.2, 0) is 4.79 Å². The highest BCUT2D eigenvalue weighted by atomic mass is 16.6. The zero-order valence-corrected chi connectivity index (χ0v) is 57.0. The topological polar surface area (TPSA) is 311 Å². The number of nitrogens with zero attached hydrogens (tertiary/aromatic N) is 1. The average Bonchev–Trinajstić information content (AvgIpc) is 0.941. The van der Waals surface area contributed by atoms with E-state index in [2.05, 4.69) is 42.0 Å². The molecule has 0 saturated carbocycles. The molecule has 0 aliphatic heterocycles. The molecule has 526 valence electrons. The Morgan fingerprint density at radius 1 is 0.505 bits per heavy atom. The van der Waals surface area contributed by atoms with E-state index in [-0.39, 0.29) is 41.5 Å². The van der Waals surface area contributed by atoms with E-state index in [1.54, 1.807) is 31.2 Å². The summed E-state index contributed by atoms with van der Waals surface area (Å²) in [6, 6.07) is 1.89. The van der Waals surface area contributed by atoms with Crippen LogP contribution in [0.25, 0.3) is 0 Å². The number of aryl methyl sites for hydroxylation is 1. The number of aliphatic hydroxyl groups excluding tert-OH is 10. The third kappa shape index (κ3) is 37.3. The fourth-order valence-electron chi connectivity index (χ4n) is 12.1. The van der Waals surface area contributed by atoms with Gasteiger partial charge in [0, 0.05) is 25.6 Å². The first-order valence-electron chi connectivity index (χ1n) is 36.2. The Kier molecular flexibility index (Phi) is 49.2. The number of nitrogens with one attached hydrogen (secondary N) is 4. The lowest BCUT2D eigenvalue weighted by Gasteiger charge is -2.35. The van der Waals surface area contributed by atoms with Crippen molar-refractivity contribution >= 4 is 17.3 Å². The van der Waals surface area contributed by atoms with E-state index in [9.17, 15) is 66.0 Å². The number of unbranched alkanes of at least 4 members (excludes halogenated alkanes) is 34. The Hall–Kier alpha value is -3.63. The van der Waals surface area contributed by atoms with Gasteiger partial charge in [-0.2, -0.15) is 0 Å². The van der Waals surface area contributed by atoms with Crippen molar-refractivity contribution < 1.29 is 60.8 Å². The number of anilines is 1. The maximum atomic E-state index is 12.9. The monoisotopic (exact) mass is 1290 g/mol. The summed E-state index contributed by atoms with van der Waals surface area (Å²) in [6.45, 7) is 7.79. The maximum Gasteiger partial charge on any atom is 0.292 e. The van der Waals surface area contributed by atoms with Crippen molar-refractivity contribution in [3.63, 3.8) is 0 Å². The number of aliphatic hydroxyl groups is 10. The van der Waals surface area contributed by atoms with E-state index in [0.29, 0.717) is 6.42 Å². The molecule has 0 saturated heterocycles. The van der Waals surface area contributed by atoms with Gasteiger partial charge in [0.1, 0.15) is 42.3 Å². The number of carbonyl (C=O) groups excluding carboxylic acids is 1. The first kappa shape index (κ1) is 83.5. The molecule has 6 unspecified atom stereocenters. The summed E-state index contributed by atoms with van der Waals surface area (Å²) in [5.74, 6) is -0.112. The van der Waals surface area contributed by atoms with Crippen LogP contribution in [0.4, 0.5) is 11.4 Å². The highest BCUT2D eigenvalue weighted by molar-refractivity contribution is 5.76. The normalized spacial score (nSPS) is 21.5. The summed E-state index contributed by atoms with van der Waals surface area (Å²) in [4.78, 5) is 24.1. The molecule has 0 fully saturated rings. The summed E-state index contributed by atoms with van der Waals surface area (Å²) < 4.78 is 0. The average molecular weight is 1290 g/mol. The number of hydrogen-bond acceptors (Lipinski definition) is 16. The van der Waals surface area contributed by atoms with E-state index in [1.165, 1.54) is 204 Å². The number of benzene rings is 1. The van der Waals surface area contributed by atoms with Gasteiger partial charge in [0.15, 0.2) is 0 Å². The second kappa shape index (κ2) is 53.6. The van der Waals surface area contributed by atoms with Gasteiger partial charge in [-0.25, -0.2) is 0 Å². The van der Waals surface area contributed by atoms with Gasteiger partial charge in [0.2, 0.25) is 5.91 Å². The molecule has 2 aliphatic rings. The lowest BCUT2D eigenvalue weighted by atomic mass is 9.88. The molecule has 14 N–H and O–H groups in total. The van der Waals surface area contributed by atoms with Gasteiger partial charge in [-0.1, -0.05) is 269 Å². The van der Waals surface area contributed by atoms with Gasteiger partial charge in [-0.3, -0.25) is 14.9 Å². The summed E-state index contributed by atoms with van der Waals surface area (Å²) in [7, 11) is 0. The molecule has 18 heteroatoms. The molecule has 2 aliphatic carbocycles. The van der Waals surface area contributed by atoms with Gasteiger partial charge >= 0.3 is 0 Å². The van der Waals surface area contributed by atoms with Crippen molar-refractivity contribution in [2.24, 2.45) is 0 Å². The summed E-state index contributed by atoms with van der Waals surface area (Å²) in [5, 5.41) is 127. The molecule has 0 radical (unpaired) electrons. The van der Waals surface area contributed by atoms with Crippen LogP contribution in [0.2, 0.25) is 0 Å². The van der Waals surface area contributed by atoms with Gasteiger partial charge in [-0.15, -0.1) is 0 Å². The SMILES string of the molecule is CCCCCCCCCCCCC/C=C/C(O)[C@H](CNC1C=C(CO)[C@@H](O)C(O)[C@H]1O)NC(=O)CCCCCCCCCCCCCCC.CCCCCCCCCCCCC/C=C/[C@@H](O)C(CNC1C=C(CO)[C@@H](O)C(O)[C@H]1O)Nc1ccc(C)cc1[N+](=O)[O-]. The van der Waals surface area contributed by atoms with E-state index in [0.717, 1.165) is 56.9 Å². The number of hydrogen-bond donors (Lipinski definition) is 14. The lowest BCUT2D eigenvalue weighted by Crippen LogP contribution is -2.57. The second-order valence-corrected chi connectivity index (χ2v) is 26.2. The van der Waals surface area contributed by atoms with E-state index < -0.39 is 91.1 Å². The van der Waals surface area contributed by atoms with Crippen LogP contribution in [0.5, 0.6) is 0 Å². The molecule has 1 aromatic rings. The molecule has 0 heterocycles. The quantitative estimate of drug-likeness (QED) is 0.0125. The van der Waals surface area contributed by atoms with Crippen molar-refractivity contribution in [2.45, 2.75) is 345 Å². The van der Waals surface area contributed by atoms with Crippen molar-refractivity contribution in [2.75, 3.05) is 31.6 Å². The van der Waals surface area contributed by atoms with Crippen molar-refractivity contribution in [3.05, 3.63) is 81.5 Å². The fraction of sp³-hybridized carbons (Fsp3) is 0.795. The smallest absolute Gasteiger partial charge is 0.292 e. The molecule has 0 aromatic heterocycles. The Morgan fingerprint density at radius 3 is 1.21 bits per heavy atom. The Bertz CT molecular complexity index is 2110. The number of nitro benzene ring substituents is 1. The minimum atomic E-state index is -1.49. The predicted octanol–water partition coefficient (Wildman–Crippen LogP) is 11.8. The van der Waals surface area contributed by atoms with Crippen LogP contribution < -0.4 is 21.3 Å². The third-order valence-corrected chi connectivity index (χ3v) is 18.1. The predicted molar refractivity (Wildman–Crippen MR) is 370 cm³/mol. The zero-order chi connectivity index (χ0) is 66.9. The Balaban J connectivity index is 0.000000627. The lowest BCUT2D eigenvalue weighted by molar-refractivity contribution is -0.384. The standard InChI is InChI=1S/C41H78N2O6.C32H53N3O7/c1-3-5-7-9-11-13-15-17-19-21-23-25-27-29-37(45)36(32-42-35-31-34(33-44)39(47)41(49)40(35)48)43-38(46)30-28-26-24-22-20-18-16-14-12-10-8-6-4-2;1-3-4-5-6-7-8-9-10-11-12-13-14-15-16-29(37)27(34-25-18-17-23(2)19-28(25)35(41)42)21-33-26-20-24(22-36)30(38)32(40)31(26)39/h27,29,31,35-37,39-42,44-45,47-49H,3-26,28,30,32-33H2,1-2H3,(H,43,46);15-20,26-27,29-34,36-40H,3-14,21-22H2,1-2H3/b29-27+;16-15+/t35?,36-,37?,39+,40-,41?;26?,27?,29-,30-,31+,32?/m01/s1. The van der Waals surface area contributed by atoms with Gasteiger partial charge < -0.3 is 72.3 Å². The van der Waals surface area contributed by atoms with Crippen LogP contribution in [0.1, 0.15) is 270 Å². The van der Waals surface area contributed by atoms with Gasteiger partial charge in [0.25, 0.3) is 5.69 Å². The molecule has 18 nitrogen and oxygen atoms in total. The Labute approximate surface area is 549 Å². The molecule has 0 bridgehead atoms. The molecular weight excluding hydrogens is 1150 g/mol. The molecule has 1 aromatic carbocycles. The second-order valence-electron chi connectivity index (χ2n) is 26.2. The van der Waals surface area contributed by atoms with E-state index >= 15 is 0 Å². The molecule has 0 spiro atoms. The molecule has 3 rings (SSSR count). The summed E-state index contributed by atoms with van der Waals surface area (Å²) >= 11 is 0. The minimum absolute atomic E-state index is 0.0642. The van der Waals surface area contributed by atoms with Gasteiger partial charge in [0.05, 0.1) is 54.5 Å². The molecular formula is C73H131N5O13. The number of carbonyl (C=O) groups is 1. The number of rotatable bonds is 54. The molecule has 91 heavy (non-hydrogen) atoms. The maximum absolute atomic E-state index is 12.9. The van der Waals surface area contributed by atoms with Crippen molar-refractivity contribution in [1.82, 2.24) is 16.0 Å². The van der Waals surface area contributed by atoms with Crippen LogP contribution in [0, 0.1) is 17.0 Å². The fourth-order valence-corrected chi connectivity index (χ4v) is 12.1. The highest BCUT2D eigenvalue weighted by Crippen LogP contribution is 2.28. The van der Waals surface area contributed by atoms with Crippen LogP contribution >= 0.6 is 0 Å². The number of amides is 1.